The molecule has 19 heavy (non-hydrogen) atoms. The summed E-state index contributed by atoms with van der Waals surface area (Å²) < 4.78 is 0. The van der Waals surface area contributed by atoms with Gasteiger partial charge in [-0.1, -0.05) is 45.4 Å². The van der Waals surface area contributed by atoms with Crippen molar-refractivity contribution in [3.05, 3.63) is 34.9 Å². The van der Waals surface area contributed by atoms with Crippen LogP contribution in [-0.2, 0) is 5.60 Å². The molecule has 2 nitrogen and oxygen atoms in total. The summed E-state index contributed by atoms with van der Waals surface area (Å²) >= 11 is 0. The van der Waals surface area contributed by atoms with E-state index in [1.807, 2.05) is 25.1 Å². The minimum Gasteiger partial charge on any atom is -0.384 e. The van der Waals surface area contributed by atoms with Crippen molar-refractivity contribution in [2.24, 2.45) is 11.3 Å². The molecule has 0 bridgehead atoms. The lowest BCUT2D eigenvalue weighted by Crippen LogP contribution is -2.49. The van der Waals surface area contributed by atoms with Gasteiger partial charge in [-0.2, -0.15) is 0 Å². The molecule has 0 spiro atoms. The molecule has 1 aliphatic carbocycles. The van der Waals surface area contributed by atoms with Crippen molar-refractivity contribution in [2.45, 2.75) is 52.6 Å². The molecule has 1 saturated carbocycles. The Bertz CT molecular complexity index is 490. The van der Waals surface area contributed by atoms with Crippen LogP contribution in [0.25, 0.3) is 0 Å². The van der Waals surface area contributed by atoms with Crippen molar-refractivity contribution >= 4 is 6.29 Å². The Hall–Kier alpha value is -1.15. The van der Waals surface area contributed by atoms with Gasteiger partial charge in [0.05, 0.1) is 5.60 Å². The van der Waals surface area contributed by atoms with E-state index in [4.69, 9.17) is 0 Å². The first kappa shape index (κ1) is 14.3. The number of hydrogen-bond acceptors (Lipinski definition) is 2. The third-order valence-electron chi connectivity index (χ3n) is 5.02. The predicted octanol–water partition coefficient (Wildman–Crippen LogP) is 3.84. The normalized spacial score (nSPS) is 30.1. The zero-order valence-electron chi connectivity index (χ0n) is 12.4. The summed E-state index contributed by atoms with van der Waals surface area (Å²) in [5.74, 6) is 0.234. The summed E-state index contributed by atoms with van der Waals surface area (Å²) in [4.78, 5) is 10.9. The van der Waals surface area contributed by atoms with Crippen LogP contribution in [0.4, 0.5) is 0 Å². The van der Waals surface area contributed by atoms with Crippen LogP contribution in [0.2, 0.25) is 0 Å². The summed E-state index contributed by atoms with van der Waals surface area (Å²) in [7, 11) is 0. The minimum atomic E-state index is -0.808. The smallest absolute Gasteiger partial charge is 0.150 e. The molecule has 0 heterocycles. The topological polar surface area (TPSA) is 37.3 Å². The molecule has 0 unspecified atom stereocenters. The minimum absolute atomic E-state index is 0.139. The van der Waals surface area contributed by atoms with Gasteiger partial charge in [-0.15, -0.1) is 0 Å². The van der Waals surface area contributed by atoms with Crippen LogP contribution in [-0.4, -0.2) is 11.4 Å². The van der Waals surface area contributed by atoms with Gasteiger partial charge < -0.3 is 5.11 Å². The Morgan fingerprint density at radius 2 is 2.05 bits per heavy atom. The van der Waals surface area contributed by atoms with Crippen molar-refractivity contribution in [1.82, 2.24) is 0 Å². The molecule has 0 saturated heterocycles. The average molecular weight is 260 g/mol. The Balaban J connectivity index is 2.53. The number of aliphatic hydroxyl groups is 1. The second-order valence-corrected chi connectivity index (χ2v) is 6.63. The van der Waals surface area contributed by atoms with E-state index >= 15 is 0 Å². The highest BCUT2D eigenvalue weighted by Gasteiger charge is 2.50. The van der Waals surface area contributed by atoms with Gasteiger partial charge >= 0.3 is 0 Å². The second-order valence-electron chi connectivity index (χ2n) is 6.63. The van der Waals surface area contributed by atoms with Crippen molar-refractivity contribution in [2.75, 3.05) is 0 Å². The lowest BCUT2D eigenvalue weighted by molar-refractivity contribution is -0.140. The maximum Gasteiger partial charge on any atom is 0.150 e. The summed E-state index contributed by atoms with van der Waals surface area (Å²) in [6, 6.07) is 5.72. The first-order valence-electron chi connectivity index (χ1n) is 7.11. The van der Waals surface area contributed by atoms with E-state index in [0.717, 1.165) is 30.3 Å². The molecule has 0 aliphatic heterocycles. The Morgan fingerprint density at radius 1 is 1.37 bits per heavy atom. The molecule has 1 aromatic carbocycles. The van der Waals surface area contributed by atoms with Crippen LogP contribution in [0.5, 0.6) is 0 Å². The van der Waals surface area contributed by atoms with E-state index in [2.05, 4.69) is 20.8 Å². The lowest BCUT2D eigenvalue weighted by atomic mass is 9.58. The summed E-state index contributed by atoms with van der Waals surface area (Å²) in [6.07, 6.45) is 4.12. The fourth-order valence-corrected chi connectivity index (χ4v) is 3.64. The number of carbonyl (C=O) groups excluding carboxylic acids is 1. The number of rotatable bonds is 2. The first-order chi connectivity index (χ1) is 8.83. The van der Waals surface area contributed by atoms with Crippen LogP contribution in [0.15, 0.2) is 18.2 Å². The average Bonchev–Trinajstić information content (AvgIpc) is 2.35. The largest absolute Gasteiger partial charge is 0.384 e. The maximum absolute atomic E-state index is 11.3. The molecular formula is C17H24O2. The van der Waals surface area contributed by atoms with Crippen molar-refractivity contribution in [3.63, 3.8) is 0 Å². The molecule has 0 amide bonds. The molecule has 104 valence electrons. The number of carbonyl (C=O) groups is 1. The Morgan fingerprint density at radius 3 is 2.58 bits per heavy atom. The molecule has 1 N–H and O–H groups in total. The summed E-state index contributed by atoms with van der Waals surface area (Å²) in [5, 5.41) is 11.3. The molecule has 1 fully saturated rings. The fourth-order valence-electron chi connectivity index (χ4n) is 3.64. The predicted molar refractivity (Wildman–Crippen MR) is 77.3 cm³/mol. The van der Waals surface area contributed by atoms with Gasteiger partial charge in [-0.3, -0.25) is 4.79 Å². The van der Waals surface area contributed by atoms with E-state index in [0.29, 0.717) is 5.56 Å². The number of aldehydes is 1. The standard InChI is InChI=1S/C17H24O2/c1-12-10-15(8-7-14(12)11-18)17(19)13(2)6-5-9-16(17,3)4/h7-8,10-11,13,19H,5-6,9H2,1-4H3/t13-,17+/m0/s1. The molecule has 2 heteroatoms. The van der Waals surface area contributed by atoms with Crippen LogP contribution >= 0.6 is 0 Å². The van der Waals surface area contributed by atoms with Gasteiger partial charge in [0.1, 0.15) is 6.29 Å². The highest BCUT2D eigenvalue weighted by molar-refractivity contribution is 5.77. The third kappa shape index (κ3) is 2.12. The van der Waals surface area contributed by atoms with E-state index in [9.17, 15) is 9.90 Å². The quantitative estimate of drug-likeness (QED) is 0.820. The molecule has 2 atom stereocenters. The molecule has 2 rings (SSSR count). The van der Waals surface area contributed by atoms with Crippen molar-refractivity contribution in [1.29, 1.82) is 0 Å². The maximum atomic E-state index is 11.3. The Kier molecular flexibility index (Phi) is 3.57. The lowest BCUT2D eigenvalue weighted by Gasteiger charge is -2.51. The van der Waals surface area contributed by atoms with E-state index < -0.39 is 5.60 Å². The molecule has 1 aromatic rings. The van der Waals surface area contributed by atoms with E-state index in [-0.39, 0.29) is 11.3 Å². The van der Waals surface area contributed by atoms with Crippen LogP contribution in [0.1, 0.15) is 61.5 Å². The van der Waals surface area contributed by atoms with Gasteiger partial charge in [0.2, 0.25) is 0 Å². The van der Waals surface area contributed by atoms with Crippen LogP contribution in [0.3, 0.4) is 0 Å². The van der Waals surface area contributed by atoms with Crippen LogP contribution in [0, 0.1) is 18.3 Å². The highest BCUT2D eigenvalue weighted by Crippen LogP contribution is 2.53. The molecule has 1 aliphatic rings. The highest BCUT2D eigenvalue weighted by atomic mass is 16.3. The number of benzene rings is 1. The van der Waals surface area contributed by atoms with Crippen molar-refractivity contribution < 1.29 is 9.90 Å². The van der Waals surface area contributed by atoms with Gasteiger partial charge in [0.25, 0.3) is 0 Å². The van der Waals surface area contributed by atoms with Gasteiger partial charge in [0, 0.05) is 5.56 Å². The fraction of sp³-hybridized carbons (Fsp3) is 0.588. The molecule has 0 radical (unpaired) electrons. The zero-order valence-corrected chi connectivity index (χ0v) is 12.4. The van der Waals surface area contributed by atoms with Crippen molar-refractivity contribution in [3.8, 4) is 0 Å². The van der Waals surface area contributed by atoms with E-state index in [1.54, 1.807) is 0 Å². The second kappa shape index (κ2) is 4.75. The van der Waals surface area contributed by atoms with Gasteiger partial charge in [0.15, 0.2) is 0 Å². The zero-order chi connectivity index (χ0) is 14.3. The van der Waals surface area contributed by atoms with Crippen LogP contribution < -0.4 is 0 Å². The van der Waals surface area contributed by atoms with Gasteiger partial charge in [-0.05, 0) is 42.2 Å². The third-order valence-corrected chi connectivity index (χ3v) is 5.02. The molecular weight excluding hydrogens is 236 g/mol. The summed E-state index contributed by atoms with van der Waals surface area (Å²) in [5.41, 5.74) is 1.65. The molecule has 0 aromatic heterocycles. The summed E-state index contributed by atoms with van der Waals surface area (Å²) in [6.45, 7) is 8.35. The monoisotopic (exact) mass is 260 g/mol. The first-order valence-corrected chi connectivity index (χ1v) is 7.11. The number of aryl methyl sites for hydroxylation is 1. The van der Waals surface area contributed by atoms with Gasteiger partial charge in [-0.25, -0.2) is 0 Å². The van der Waals surface area contributed by atoms with E-state index in [1.165, 1.54) is 6.42 Å². The SMILES string of the molecule is Cc1cc([C@]2(O)[C@@H](C)CCCC2(C)C)ccc1C=O. The Labute approximate surface area is 115 Å². The number of hydrogen-bond donors (Lipinski definition) is 1.